The molecule has 1 N–H and O–H groups in total. The largest absolute Gasteiger partial charge is 0.459 e. The lowest BCUT2D eigenvalue weighted by Crippen LogP contribution is -2.44. The predicted octanol–water partition coefficient (Wildman–Crippen LogP) is 3.92. The molecule has 0 aromatic heterocycles. The average molecular weight is 534 g/mol. The monoisotopic (exact) mass is 533 g/mol. The Labute approximate surface area is 216 Å². The van der Waals surface area contributed by atoms with E-state index in [-0.39, 0.29) is 54.5 Å². The lowest BCUT2D eigenvalue weighted by atomic mass is 10.1. The van der Waals surface area contributed by atoms with Crippen molar-refractivity contribution in [3.05, 3.63) is 75.1 Å². The van der Waals surface area contributed by atoms with Crippen LogP contribution < -0.4 is 5.32 Å². The second kappa shape index (κ2) is 11.6. The Balaban J connectivity index is 1.39. The maximum Gasteiger partial charge on any atom is 0.328 e. The number of amides is 2. The van der Waals surface area contributed by atoms with Crippen molar-refractivity contribution < 1.29 is 37.2 Å². The lowest BCUT2D eigenvalue weighted by molar-refractivity contribution is -0.385. The number of nitrogens with zero attached hydrogens (tertiary/aromatic N) is 2. The average Bonchev–Trinajstić information content (AvgIpc) is 3.63. The van der Waals surface area contributed by atoms with Gasteiger partial charge in [0, 0.05) is 43.1 Å². The number of rotatable bonds is 11. The SMILES string of the molecule is O=C(C[C@@H]1CCC(=O)N1Cc1cc(F)cc(F)c1F)N[C@@H](CC1CC1)C(=O)OCc1ccccc1[N+](=O)[O-]. The fraction of sp³-hybridized carbons (Fsp3) is 0.423. The van der Waals surface area contributed by atoms with Crippen LogP contribution in [-0.4, -0.2) is 39.7 Å². The summed E-state index contributed by atoms with van der Waals surface area (Å²) in [6, 6.07) is 5.42. The molecule has 12 heteroatoms. The number of nitrogens with one attached hydrogen (secondary N) is 1. The summed E-state index contributed by atoms with van der Waals surface area (Å²) < 4.78 is 46.7. The van der Waals surface area contributed by atoms with E-state index < -0.39 is 52.9 Å². The van der Waals surface area contributed by atoms with E-state index >= 15 is 0 Å². The van der Waals surface area contributed by atoms with Crippen molar-refractivity contribution in [1.29, 1.82) is 0 Å². The van der Waals surface area contributed by atoms with Gasteiger partial charge in [0.05, 0.1) is 10.5 Å². The normalized spacial score (nSPS) is 17.8. The highest BCUT2D eigenvalue weighted by atomic mass is 19.2. The number of esters is 1. The van der Waals surface area contributed by atoms with Gasteiger partial charge in [0.15, 0.2) is 11.6 Å². The molecule has 2 atom stereocenters. The van der Waals surface area contributed by atoms with Gasteiger partial charge in [-0.2, -0.15) is 0 Å². The number of halogens is 3. The summed E-state index contributed by atoms with van der Waals surface area (Å²) in [5, 5.41) is 13.8. The zero-order valence-corrected chi connectivity index (χ0v) is 20.3. The highest BCUT2D eigenvalue weighted by molar-refractivity contribution is 5.86. The molecule has 4 rings (SSSR count). The van der Waals surface area contributed by atoms with Crippen molar-refractivity contribution in [2.45, 2.75) is 63.8 Å². The second-order valence-corrected chi connectivity index (χ2v) is 9.57. The molecular weight excluding hydrogens is 507 g/mol. The number of nitro benzene ring substituents is 1. The van der Waals surface area contributed by atoms with Crippen LogP contribution in [0.15, 0.2) is 36.4 Å². The van der Waals surface area contributed by atoms with Gasteiger partial charge in [-0.3, -0.25) is 19.7 Å². The van der Waals surface area contributed by atoms with Crippen molar-refractivity contribution in [2.24, 2.45) is 5.92 Å². The van der Waals surface area contributed by atoms with E-state index in [1.807, 2.05) is 0 Å². The summed E-state index contributed by atoms with van der Waals surface area (Å²) in [6.07, 6.45) is 2.28. The number of likely N-dealkylation sites (tertiary alicyclic amines) is 1. The van der Waals surface area contributed by atoms with Crippen molar-refractivity contribution in [3.63, 3.8) is 0 Å². The van der Waals surface area contributed by atoms with Gasteiger partial charge in [0.25, 0.3) is 5.69 Å². The van der Waals surface area contributed by atoms with E-state index in [1.54, 1.807) is 6.07 Å². The number of benzene rings is 2. The number of para-hydroxylation sites is 1. The Morgan fingerprint density at radius 3 is 2.58 bits per heavy atom. The minimum absolute atomic E-state index is 0.0841. The van der Waals surface area contributed by atoms with Crippen molar-refractivity contribution in [3.8, 4) is 0 Å². The van der Waals surface area contributed by atoms with E-state index in [2.05, 4.69) is 5.32 Å². The molecule has 2 aromatic carbocycles. The van der Waals surface area contributed by atoms with Crippen LogP contribution in [-0.2, 0) is 32.3 Å². The summed E-state index contributed by atoms with van der Waals surface area (Å²) >= 11 is 0. The molecule has 202 valence electrons. The molecule has 9 nitrogen and oxygen atoms in total. The van der Waals surface area contributed by atoms with Crippen LogP contribution in [0.3, 0.4) is 0 Å². The van der Waals surface area contributed by atoms with Gasteiger partial charge < -0.3 is 15.0 Å². The first kappa shape index (κ1) is 27.1. The van der Waals surface area contributed by atoms with Crippen LogP contribution in [0.5, 0.6) is 0 Å². The molecular formula is C26H26F3N3O6. The Morgan fingerprint density at radius 2 is 1.87 bits per heavy atom. The van der Waals surface area contributed by atoms with Gasteiger partial charge >= 0.3 is 5.97 Å². The highest BCUT2D eigenvalue weighted by Gasteiger charge is 2.36. The highest BCUT2D eigenvalue weighted by Crippen LogP contribution is 2.34. The molecule has 1 saturated carbocycles. The van der Waals surface area contributed by atoms with Crippen molar-refractivity contribution in [2.75, 3.05) is 0 Å². The first-order chi connectivity index (χ1) is 18.1. The van der Waals surface area contributed by atoms with E-state index in [9.17, 15) is 37.7 Å². The molecule has 0 unspecified atom stereocenters. The topological polar surface area (TPSA) is 119 Å². The molecule has 2 aromatic rings. The van der Waals surface area contributed by atoms with Gasteiger partial charge in [0.1, 0.15) is 18.5 Å². The quantitative estimate of drug-likeness (QED) is 0.202. The van der Waals surface area contributed by atoms with Crippen LogP contribution in [0.1, 0.15) is 49.7 Å². The maximum atomic E-state index is 14.2. The third-order valence-corrected chi connectivity index (χ3v) is 6.73. The third kappa shape index (κ3) is 6.67. The second-order valence-electron chi connectivity index (χ2n) is 9.57. The van der Waals surface area contributed by atoms with Crippen molar-refractivity contribution in [1.82, 2.24) is 10.2 Å². The van der Waals surface area contributed by atoms with Crippen LogP contribution in [0.4, 0.5) is 18.9 Å². The minimum atomic E-state index is -1.37. The van der Waals surface area contributed by atoms with E-state index in [4.69, 9.17) is 4.74 Å². The Bertz CT molecular complexity index is 1250. The van der Waals surface area contributed by atoms with Gasteiger partial charge in [0.2, 0.25) is 11.8 Å². The molecule has 1 heterocycles. The first-order valence-corrected chi connectivity index (χ1v) is 12.2. The zero-order valence-electron chi connectivity index (χ0n) is 20.3. The number of hydrogen-bond donors (Lipinski definition) is 1. The Morgan fingerprint density at radius 1 is 1.13 bits per heavy atom. The number of hydrogen-bond acceptors (Lipinski definition) is 6. The van der Waals surface area contributed by atoms with Gasteiger partial charge in [-0.05, 0) is 30.9 Å². The molecule has 2 aliphatic rings. The molecule has 38 heavy (non-hydrogen) atoms. The van der Waals surface area contributed by atoms with E-state index in [1.165, 1.54) is 23.1 Å². The smallest absolute Gasteiger partial charge is 0.328 e. The van der Waals surface area contributed by atoms with Crippen LogP contribution in [0.2, 0.25) is 0 Å². The van der Waals surface area contributed by atoms with E-state index in [0.717, 1.165) is 18.9 Å². The number of nitro groups is 1. The van der Waals surface area contributed by atoms with Crippen LogP contribution >= 0.6 is 0 Å². The standard InChI is InChI=1S/C26H26F3N3O6/c27-18-10-17(25(29)20(28)11-18)13-31-19(7-8-24(31)34)12-23(33)30-21(9-15-5-6-15)26(35)38-14-16-3-1-2-4-22(16)32(36)37/h1-4,10-11,15,19,21H,5-9,12-14H2,(H,30,33)/t19-,21-/m0/s1. The summed E-state index contributed by atoms with van der Waals surface area (Å²) in [4.78, 5) is 49.9. The summed E-state index contributed by atoms with van der Waals surface area (Å²) in [5.74, 6) is -5.06. The fourth-order valence-corrected chi connectivity index (χ4v) is 4.56. The van der Waals surface area contributed by atoms with Crippen LogP contribution in [0.25, 0.3) is 0 Å². The summed E-state index contributed by atoms with van der Waals surface area (Å²) in [7, 11) is 0. The first-order valence-electron chi connectivity index (χ1n) is 12.2. The molecule has 1 aliphatic heterocycles. The number of ether oxygens (including phenoxy) is 1. The summed E-state index contributed by atoms with van der Waals surface area (Å²) in [6.45, 7) is -0.742. The number of carbonyl (C=O) groups excluding carboxylic acids is 3. The Hall–Kier alpha value is -3.96. The van der Waals surface area contributed by atoms with Gasteiger partial charge in [-0.25, -0.2) is 18.0 Å². The Kier molecular flexibility index (Phi) is 8.28. The summed E-state index contributed by atoms with van der Waals surface area (Å²) in [5.41, 5.74) is -0.319. The lowest BCUT2D eigenvalue weighted by Gasteiger charge is -2.26. The molecule has 0 bridgehead atoms. The minimum Gasteiger partial charge on any atom is -0.459 e. The molecule has 1 saturated heterocycles. The van der Waals surface area contributed by atoms with Gasteiger partial charge in [-0.1, -0.05) is 25.0 Å². The predicted molar refractivity (Wildman–Crippen MR) is 127 cm³/mol. The molecule has 0 spiro atoms. The van der Waals surface area contributed by atoms with Crippen molar-refractivity contribution >= 4 is 23.5 Å². The fourth-order valence-electron chi connectivity index (χ4n) is 4.56. The van der Waals surface area contributed by atoms with Gasteiger partial charge in [-0.15, -0.1) is 0 Å². The molecule has 1 aliphatic carbocycles. The molecule has 2 amide bonds. The molecule has 2 fully saturated rings. The zero-order chi connectivity index (χ0) is 27.4. The van der Waals surface area contributed by atoms with E-state index in [0.29, 0.717) is 12.5 Å². The maximum absolute atomic E-state index is 14.2. The van der Waals surface area contributed by atoms with Crippen LogP contribution in [0, 0.1) is 33.5 Å². The third-order valence-electron chi connectivity index (χ3n) is 6.73. The molecule has 0 radical (unpaired) electrons. The number of carbonyl (C=O) groups is 3.